The molecule has 0 heterocycles. The summed E-state index contributed by atoms with van der Waals surface area (Å²) >= 11 is 5.57. The van der Waals surface area contributed by atoms with Crippen LogP contribution in [0.2, 0.25) is 0 Å². The van der Waals surface area contributed by atoms with Crippen LogP contribution in [0.1, 0.15) is 18.9 Å². The lowest BCUT2D eigenvalue weighted by atomic mass is 10.1. The van der Waals surface area contributed by atoms with Crippen LogP contribution in [0.25, 0.3) is 0 Å². The second-order valence-electron chi connectivity index (χ2n) is 3.02. The van der Waals surface area contributed by atoms with Crippen LogP contribution in [0.5, 0.6) is 5.75 Å². The molecule has 0 aromatic heterocycles. The SMILES string of the molecule is CCOc1cc(F)cc(CCCCl)c1. The average molecular weight is 217 g/mol. The predicted molar refractivity (Wildman–Crippen MR) is 56.6 cm³/mol. The maximum atomic E-state index is 13.1. The molecule has 0 N–H and O–H groups in total. The molecule has 0 aliphatic rings. The molecular weight excluding hydrogens is 203 g/mol. The van der Waals surface area contributed by atoms with Crippen LogP contribution in [-0.2, 0) is 6.42 Å². The van der Waals surface area contributed by atoms with Crippen LogP contribution in [-0.4, -0.2) is 12.5 Å². The predicted octanol–water partition coefficient (Wildman–Crippen LogP) is 3.40. The van der Waals surface area contributed by atoms with Crippen LogP contribution in [0.3, 0.4) is 0 Å². The molecule has 0 atom stereocenters. The Morgan fingerprint density at radius 1 is 1.36 bits per heavy atom. The molecule has 14 heavy (non-hydrogen) atoms. The highest BCUT2D eigenvalue weighted by Crippen LogP contribution is 2.17. The summed E-state index contributed by atoms with van der Waals surface area (Å²) in [5.74, 6) is 0.943. The number of alkyl halides is 1. The highest BCUT2D eigenvalue weighted by atomic mass is 35.5. The topological polar surface area (TPSA) is 9.23 Å². The van der Waals surface area contributed by atoms with E-state index in [-0.39, 0.29) is 5.82 Å². The van der Waals surface area contributed by atoms with Gasteiger partial charge >= 0.3 is 0 Å². The third-order valence-corrected chi connectivity index (χ3v) is 2.11. The van der Waals surface area contributed by atoms with Crippen molar-refractivity contribution in [3.63, 3.8) is 0 Å². The van der Waals surface area contributed by atoms with E-state index in [4.69, 9.17) is 16.3 Å². The number of hydrogen-bond acceptors (Lipinski definition) is 1. The summed E-state index contributed by atoms with van der Waals surface area (Å²) in [6.07, 6.45) is 1.65. The number of benzene rings is 1. The Morgan fingerprint density at radius 2 is 2.14 bits per heavy atom. The largest absolute Gasteiger partial charge is 0.494 e. The zero-order chi connectivity index (χ0) is 10.4. The van der Waals surface area contributed by atoms with Gasteiger partial charge in [-0.05, 0) is 37.5 Å². The Balaban J connectivity index is 2.73. The van der Waals surface area contributed by atoms with E-state index < -0.39 is 0 Å². The van der Waals surface area contributed by atoms with Crippen LogP contribution in [0.4, 0.5) is 4.39 Å². The third kappa shape index (κ3) is 3.54. The Labute approximate surface area is 88.8 Å². The smallest absolute Gasteiger partial charge is 0.127 e. The van der Waals surface area contributed by atoms with Gasteiger partial charge in [0.15, 0.2) is 0 Å². The summed E-state index contributed by atoms with van der Waals surface area (Å²) in [6, 6.07) is 4.78. The number of aryl methyl sites for hydroxylation is 1. The van der Waals surface area contributed by atoms with Crippen molar-refractivity contribution in [2.24, 2.45) is 0 Å². The van der Waals surface area contributed by atoms with Crippen LogP contribution in [0.15, 0.2) is 18.2 Å². The summed E-state index contributed by atoms with van der Waals surface area (Å²) in [7, 11) is 0. The van der Waals surface area contributed by atoms with Crippen molar-refractivity contribution in [1.29, 1.82) is 0 Å². The van der Waals surface area contributed by atoms with Crippen molar-refractivity contribution in [3.8, 4) is 5.75 Å². The molecule has 0 radical (unpaired) electrons. The zero-order valence-corrected chi connectivity index (χ0v) is 8.98. The second kappa shape index (κ2) is 5.86. The highest BCUT2D eigenvalue weighted by Gasteiger charge is 2.01. The summed E-state index contributed by atoms with van der Waals surface area (Å²) in [5, 5.41) is 0. The van der Waals surface area contributed by atoms with E-state index in [9.17, 15) is 4.39 Å². The lowest BCUT2D eigenvalue weighted by Gasteiger charge is -2.06. The molecule has 0 spiro atoms. The standard InChI is InChI=1S/C11H14ClFO/c1-2-14-11-7-9(4-3-5-12)6-10(13)8-11/h6-8H,2-5H2,1H3. The Bertz CT molecular complexity index is 289. The number of halogens is 2. The van der Waals surface area contributed by atoms with Crippen LogP contribution < -0.4 is 4.74 Å². The van der Waals surface area contributed by atoms with E-state index >= 15 is 0 Å². The molecule has 0 unspecified atom stereocenters. The molecule has 0 saturated heterocycles. The van der Waals surface area contributed by atoms with E-state index in [0.29, 0.717) is 18.2 Å². The van der Waals surface area contributed by atoms with Gasteiger partial charge in [0.1, 0.15) is 11.6 Å². The van der Waals surface area contributed by atoms with Gasteiger partial charge in [-0.2, -0.15) is 0 Å². The van der Waals surface area contributed by atoms with E-state index in [1.54, 1.807) is 0 Å². The monoisotopic (exact) mass is 216 g/mol. The van der Waals surface area contributed by atoms with Gasteiger partial charge in [-0.3, -0.25) is 0 Å². The average Bonchev–Trinajstić information content (AvgIpc) is 2.14. The Morgan fingerprint density at radius 3 is 2.79 bits per heavy atom. The lowest BCUT2D eigenvalue weighted by Crippen LogP contribution is -1.95. The number of rotatable bonds is 5. The summed E-state index contributed by atoms with van der Waals surface area (Å²) in [5.41, 5.74) is 0.939. The van der Waals surface area contributed by atoms with Gasteiger partial charge in [0, 0.05) is 11.9 Å². The van der Waals surface area contributed by atoms with Gasteiger partial charge < -0.3 is 4.74 Å². The van der Waals surface area contributed by atoms with Crippen molar-refractivity contribution >= 4 is 11.6 Å². The van der Waals surface area contributed by atoms with Gasteiger partial charge in [-0.15, -0.1) is 11.6 Å². The van der Waals surface area contributed by atoms with E-state index in [0.717, 1.165) is 18.4 Å². The fraction of sp³-hybridized carbons (Fsp3) is 0.455. The molecule has 0 saturated carbocycles. The van der Waals surface area contributed by atoms with Crippen molar-refractivity contribution in [3.05, 3.63) is 29.6 Å². The molecule has 1 rings (SSSR count). The molecule has 3 heteroatoms. The molecule has 0 aliphatic carbocycles. The van der Waals surface area contributed by atoms with Crippen molar-refractivity contribution in [1.82, 2.24) is 0 Å². The third-order valence-electron chi connectivity index (χ3n) is 1.84. The highest BCUT2D eigenvalue weighted by molar-refractivity contribution is 6.17. The van der Waals surface area contributed by atoms with E-state index in [1.807, 2.05) is 13.0 Å². The fourth-order valence-electron chi connectivity index (χ4n) is 1.29. The first-order valence-electron chi connectivity index (χ1n) is 4.74. The molecule has 1 aromatic rings. The Kier molecular flexibility index (Phi) is 4.74. The number of ether oxygens (including phenoxy) is 1. The quantitative estimate of drug-likeness (QED) is 0.686. The van der Waals surface area contributed by atoms with Gasteiger partial charge in [0.05, 0.1) is 6.61 Å². The van der Waals surface area contributed by atoms with E-state index in [2.05, 4.69) is 0 Å². The van der Waals surface area contributed by atoms with E-state index in [1.165, 1.54) is 12.1 Å². The molecule has 1 aromatic carbocycles. The minimum atomic E-state index is -0.250. The van der Waals surface area contributed by atoms with Crippen LogP contribution >= 0.6 is 11.6 Å². The second-order valence-corrected chi connectivity index (χ2v) is 3.40. The molecular formula is C11H14ClFO. The summed E-state index contributed by atoms with van der Waals surface area (Å²) in [6.45, 7) is 2.43. The fourth-order valence-corrected chi connectivity index (χ4v) is 1.42. The first-order valence-corrected chi connectivity index (χ1v) is 5.28. The molecule has 0 aliphatic heterocycles. The first kappa shape index (κ1) is 11.3. The molecule has 0 bridgehead atoms. The summed E-state index contributed by atoms with van der Waals surface area (Å²) in [4.78, 5) is 0. The minimum Gasteiger partial charge on any atom is -0.494 e. The van der Waals surface area contributed by atoms with Crippen molar-refractivity contribution in [2.75, 3.05) is 12.5 Å². The number of hydrogen-bond donors (Lipinski definition) is 0. The molecule has 0 fully saturated rings. The normalized spacial score (nSPS) is 10.2. The maximum Gasteiger partial charge on any atom is 0.127 e. The zero-order valence-electron chi connectivity index (χ0n) is 8.22. The first-order chi connectivity index (χ1) is 6.76. The van der Waals surface area contributed by atoms with Gasteiger partial charge in [0.2, 0.25) is 0 Å². The molecule has 78 valence electrons. The summed E-state index contributed by atoms with van der Waals surface area (Å²) < 4.78 is 18.3. The van der Waals surface area contributed by atoms with Gasteiger partial charge in [-0.1, -0.05) is 0 Å². The minimum absolute atomic E-state index is 0.250. The molecule has 1 nitrogen and oxygen atoms in total. The lowest BCUT2D eigenvalue weighted by molar-refractivity contribution is 0.338. The van der Waals surface area contributed by atoms with Gasteiger partial charge in [0.25, 0.3) is 0 Å². The van der Waals surface area contributed by atoms with Crippen LogP contribution in [0, 0.1) is 5.82 Å². The maximum absolute atomic E-state index is 13.1. The van der Waals surface area contributed by atoms with Gasteiger partial charge in [-0.25, -0.2) is 4.39 Å². The Hall–Kier alpha value is -0.760. The molecule has 0 amide bonds. The van der Waals surface area contributed by atoms with Crippen molar-refractivity contribution < 1.29 is 9.13 Å². The van der Waals surface area contributed by atoms with Crippen molar-refractivity contribution in [2.45, 2.75) is 19.8 Å².